The Morgan fingerprint density at radius 2 is 2.05 bits per heavy atom. The van der Waals surface area contributed by atoms with Crippen LogP contribution in [0.4, 0.5) is 0 Å². The molecule has 0 radical (unpaired) electrons. The number of nitrogens with one attached hydrogen (secondary N) is 1. The molecule has 0 saturated carbocycles. The predicted molar refractivity (Wildman–Crippen MR) is 82.8 cm³/mol. The maximum absolute atomic E-state index is 4.59. The van der Waals surface area contributed by atoms with Crippen LogP contribution in [0.2, 0.25) is 0 Å². The third kappa shape index (κ3) is 2.91. The van der Waals surface area contributed by atoms with Gasteiger partial charge in [-0.3, -0.25) is 4.98 Å². The highest BCUT2D eigenvalue weighted by molar-refractivity contribution is 5.26. The Morgan fingerprint density at radius 3 is 2.90 bits per heavy atom. The van der Waals surface area contributed by atoms with Gasteiger partial charge in [-0.25, -0.2) is 0 Å². The molecular formula is C18H22N2. The van der Waals surface area contributed by atoms with E-state index in [1.165, 1.54) is 36.1 Å². The Labute approximate surface area is 121 Å². The fourth-order valence-electron chi connectivity index (χ4n) is 3.03. The lowest BCUT2D eigenvalue weighted by atomic mass is 9.91. The summed E-state index contributed by atoms with van der Waals surface area (Å²) in [4.78, 5) is 4.59. The summed E-state index contributed by atoms with van der Waals surface area (Å²) in [5.74, 6) is 0.533. The summed E-state index contributed by atoms with van der Waals surface area (Å²) in [7, 11) is 0. The summed E-state index contributed by atoms with van der Waals surface area (Å²) in [5.41, 5.74) is 4.08. The highest BCUT2D eigenvalue weighted by Crippen LogP contribution is 2.28. The molecular weight excluding hydrogens is 244 g/mol. The van der Waals surface area contributed by atoms with Gasteiger partial charge in [0.1, 0.15) is 0 Å². The first-order valence-corrected chi connectivity index (χ1v) is 7.56. The van der Waals surface area contributed by atoms with E-state index in [1.807, 2.05) is 12.3 Å². The molecule has 1 N–H and O–H groups in total. The van der Waals surface area contributed by atoms with Crippen LogP contribution in [0, 0.1) is 0 Å². The molecule has 1 aliphatic carbocycles. The summed E-state index contributed by atoms with van der Waals surface area (Å²) in [6, 6.07) is 15.4. The molecule has 1 heterocycles. The maximum Gasteiger partial charge on any atom is 0.0605 e. The number of hydrogen-bond acceptors (Lipinski definition) is 2. The van der Waals surface area contributed by atoms with Gasteiger partial charge >= 0.3 is 0 Å². The first-order valence-electron chi connectivity index (χ1n) is 7.56. The average molecular weight is 266 g/mol. The van der Waals surface area contributed by atoms with Crippen molar-refractivity contribution in [3.8, 4) is 0 Å². The topological polar surface area (TPSA) is 24.9 Å². The molecule has 2 heteroatoms. The highest BCUT2D eigenvalue weighted by atomic mass is 14.9. The fourth-order valence-corrected chi connectivity index (χ4v) is 3.03. The zero-order valence-electron chi connectivity index (χ0n) is 12.0. The van der Waals surface area contributed by atoms with Crippen LogP contribution in [0.25, 0.3) is 0 Å². The van der Waals surface area contributed by atoms with Crippen molar-refractivity contribution in [2.45, 2.75) is 38.1 Å². The Bertz CT molecular complexity index is 550. The Morgan fingerprint density at radius 1 is 1.20 bits per heavy atom. The second-order valence-electron chi connectivity index (χ2n) is 5.71. The predicted octanol–water partition coefficient (Wildman–Crippen LogP) is 3.85. The molecule has 0 aliphatic heterocycles. The van der Waals surface area contributed by atoms with Gasteiger partial charge in [-0.1, -0.05) is 43.3 Å². The van der Waals surface area contributed by atoms with Crippen molar-refractivity contribution in [1.29, 1.82) is 0 Å². The summed E-state index contributed by atoms with van der Waals surface area (Å²) in [6.45, 7) is 3.29. The number of benzene rings is 1. The van der Waals surface area contributed by atoms with E-state index in [4.69, 9.17) is 0 Å². The molecule has 20 heavy (non-hydrogen) atoms. The molecule has 1 aromatic heterocycles. The molecule has 1 aromatic carbocycles. The van der Waals surface area contributed by atoms with E-state index in [0.29, 0.717) is 12.0 Å². The van der Waals surface area contributed by atoms with E-state index in [0.717, 1.165) is 6.54 Å². The quantitative estimate of drug-likeness (QED) is 0.909. The molecule has 0 amide bonds. The van der Waals surface area contributed by atoms with Gasteiger partial charge in [-0.2, -0.15) is 0 Å². The lowest BCUT2D eigenvalue weighted by molar-refractivity contribution is 0.436. The van der Waals surface area contributed by atoms with Crippen molar-refractivity contribution < 1.29 is 0 Å². The van der Waals surface area contributed by atoms with Crippen LogP contribution in [0.15, 0.2) is 48.7 Å². The Balaban J connectivity index is 1.65. The third-order valence-corrected chi connectivity index (χ3v) is 4.23. The first kappa shape index (κ1) is 13.3. The van der Waals surface area contributed by atoms with Crippen LogP contribution >= 0.6 is 0 Å². The molecule has 2 atom stereocenters. The minimum Gasteiger partial charge on any atom is -0.308 e. The lowest BCUT2D eigenvalue weighted by Crippen LogP contribution is -2.29. The van der Waals surface area contributed by atoms with Crippen LogP contribution in [0.1, 0.15) is 48.5 Å². The molecule has 0 saturated heterocycles. The molecule has 0 fully saturated rings. The molecule has 3 rings (SSSR count). The monoisotopic (exact) mass is 266 g/mol. The first-order chi connectivity index (χ1) is 9.84. The number of rotatable bonds is 4. The summed E-state index contributed by atoms with van der Waals surface area (Å²) >= 11 is 0. The van der Waals surface area contributed by atoms with E-state index >= 15 is 0 Å². The van der Waals surface area contributed by atoms with Crippen LogP contribution in [0.3, 0.4) is 0 Å². The van der Waals surface area contributed by atoms with Gasteiger partial charge in [0.05, 0.1) is 5.69 Å². The van der Waals surface area contributed by atoms with Gasteiger partial charge in [0.25, 0.3) is 0 Å². The van der Waals surface area contributed by atoms with Crippen molar-refractivity contribution in [2.24, 2.45) is 0 Å². The standard InChI is InChI=1S/C18H22N2/c1-14(15-7-3-2-4-8-15)13-20-17-11-5-9-16-10-6-12-19-18(16)17/h2-4,6-8,10,12,14,17,20H,5,9,11,13H2,1H3. The summed E-state index contributed by atoms with van der Waals surface area (Å²) in [5, 5.41) is 3.71. The van der Waals surface area contributed by atoms with Gasteiger partial charge in [-0.15, -0.1) is 0 Å². The van der Waals surface area contributed by atoms with E-state index in [9.17, 15) is 0 Å². The minimum atomic E-state index is 0.422. The number of nitrogens with zero attached hydrogens (tertiary/aromatic N) is 1. The smallest absolute Gasteiger partial charge is 0.0605 e. The largest absolute Gasteiger partial charge is 0.308 e. The third-order valence-electron chi connectivity index (χ3n) is 4.23. The fraction of sp³-hybridized carbons (Fsp3) is 0.389. The zero-order chi connectivity index (χ0) is 13.8. The SMILES string of the molecule is CC(CNC1CCCc2cccnc21)c1ccccc1. The number of hydrogen-bond donors (Lipinski definition) is 1. The molecule has 2 nitrogen and oxygen atoms in total. The second-order valence-corrected chi connectivity index (χ2v) is 5.71. The van der Waals surface area contributed by atoms with E-state index < -0.39 is 0 Å². The number of aromatic nitrogens is 1. The Kier molecular flexibility index (Phi) is 4.12. The average Bonchev–Trinajstić information content (AvgIpc) is 2.53. The van der Waals surface area contributed by atoms with Crippen molar-refractivity contribution in [3.63, 3.8) is 0 Å². The van der Waals surface area contributed by atoms with Gasteiger partial charge in [0, 0.05) is 18.8 Å². The van der Waals surface area contributed by atoms with Gasteiger partial charge in [0.15, 0.2) is 0 Å². The number of fused-ring (bicyclic) bond motifs is 1. The molecule has 0 spiro atoms. The van der Waals surface area contributed by atoms with Crippen LogP contribution in [0.5, 0.6) is 0 Å². The van der Waals surface area contributed by atoms with E-state index in [2.05, 4.69) is 53.6 Å². The normalized spacial score (nSPS) is 19.4. The zero-order valence-corrected chi connectivity index (χ0v) is 12.0. The van der Waals surface area contributed by atoms with E-state index in [-0.39, 0.29) is 0 Å². The number of aryl methyl sites for hydroxylation is 1. The van der Waals surface area contributed by atoms with Gasteiger partial charge < -0.3 is 5.32 Å². The molecule has 1 aliphatic rings. The highest BCUT2D eigenvalue weighted by Gasteiger charge is 2.21. The van der Waals surface area contributed by atoms with Gasteiger partial charge in [-0.05, 0) is 42.4 Å². The molecule has 0 bridgehead atoms. The molecule has 2 unspecified atom stereocenters. The summed E-state index contributed by atoms with van der Waals surface area (Å²) < 4.78 is 0. The van der Waals surface area contributed by atoms with Gasteiger partial charge in [0.2, 0.25) is 0 Å². The number of pyridine rings is 1. The molecule has 2 aromatic rings. The summed E-state index contributed by atoms with van der Waals surface area (Å²) in [6.07, 6.45) is 5.55. The van der Waals surface area contributed by atoms with Crippen LogP contribution < -0.4 is 5.32 Å². The van der Waals surface area contributed by atoms with Crippen molar-refractivity contribution in [2.75, 3.05) is 6.54 Å². The van der Waals surface area contributed by atoms with Crippen LogP contribution in [-0.2, 0) is 6.42 Å². The van der Waals surface area contributed by atoms with E-state index in [1.54, 1.807) is 0 Å². The van der Waals surface area contributed by atoms with Crippen molar-refractivity contribution in [3.05, 3.63) is 65.5 Å². The maximum atomic E-state index is 4.59. The minimum absolute atomic E-state index is 0.422. The second kappa shape index (κ2) is 6.19. The van der Waals surface area contributed by atoms with Crippen molar-refractivity contribution >= 4 is 0 Å². The Hall–Kier alpha value is -1.67. The lowest BCUT2D eigenvalue weighted by Gasteiger charge is -2.26. The van der Waals surface area contributed by atoms with Crippen LogP contribution in [-0.4, -0.2) is 11.5 Å². The molecule has 104 valence electrons. The van der Waals surface area contributed by atoms with Crippen molar-refractivity contribution in [1.82, 2.24) is 10.3 Å².